The van der Waals surface area contributed by atoms with Gasteiger partial charge in [0.25, 0.3) is 5.91 Å². The van der Waals surface area contributed by atoms with Crippen molar-refractivity contribution in [1.29, 1.82) is 0 Å². The first-order valence-electron chi connectivity index (χ1n) is 10.3. The fraction of sp³-hybridized carbons (Fsp3) is 0.650. The number of sulfonamides is 1. The van der Waals surface area contributed by atoms with Crippen LogP contribution in [0, 0.1) is 0 Å². The Kier molecular flexibility index (Phi) is 7.15. The summed E-state index contributed by atoms with van der Waals surface area (Å²) in [5.41, 5.74) is 0.458. The predicted molar refractivity (Wildman–Crippen MR) is 110 cm³/mol. The number of piperidine rings is 1. The number of rotatable bonds is 6. The minimum atomic E-state index is -3.67. The molecule has 29 heavy (non-hydrogen) atoms. The summed E-state index contributed by atoms with van der Waals surface area (Å²) in [6.07, 6.45) is 2.99. The highest BCUT2D eigenvalue weighted by atomic mass is 32.2. The molecule has 2 fully saturated rings. The standard InChI is InChI=1S/C20H31N3O5S/c1-15-12-22(13-16(2)28-15)14-20(24)21-17-7-8-18(27-3)19(11-17)29(25,26)23-9-5-4-6-10-23/h7-8,11,15-16H,4-6,9-10,12-14H2,1-3H3,(H,21,24)/p+1/t15-,16-/m0/s1. The van der Waals surface area contributed by atoms with E-state index >= 15 is 0 Å². The third-order valence-electron chi connectivity index (χ3n) is 5.41. The predicted octanol–water partition coefficient (Wildman–Crippen LogP) is 0.500. The summed E-state index contributed by atoms with van der Waals surface area (Å²) in [5, 5.41) is 2.85. The second-order valence-electron chi connectivity index (χ2n) is 7.97. The molecule has 0 aliphatic carbocycles. The van der Waals surface area contributed by atoms with E-state index in [4.69, 9.17) is 9.47 Å². The van der Waals surface area contributed by atoms with Crippen molar-refractivity contribution in [3.05, 3.63) is 18.2 Å². The number of carbonyl (C=O) groups is 1. The molecule has 1 aromatic rings. The first-order valence-corrected chi connectivity index (χ1v) is 11.7. The van der Waals surface area contributed by atoms with Gasteiger partial charge in [-0.2, -0.15) is 4.31 Å². The highest BCUT2D eigenvalue weighted by Crippen LogP contribution is 2.31. The van der Waals surface area contributed by atoms with Crippen molar-refractivity contribution >= 4 is 21.6 Å². The lowest BCUT2D eigenvalue weighted by Gasteiger charge is -2.31. The Morgan fingerprint density at radius 3 is 2.48 bits per heavy atom. The molecule has 0 spiro atoms. The summed E-state index contributed by atoms with van der Waals surface area (Å²) in [6.45, 7) is 6.91. The summed E-state index contributed by atoms with van der Waals surface area (Å²) in [4.78, 5) is 13.8. The second kappa shape index (κ2) is 9.42. The van der Waals surface area contributed by atoms with E-state index in [0.717, 1.165) is 37.3 Å². The molecule has 0 radical (unpaired) electrons. The molecule has 1 amide bonds. The highest BCUT2D eigenvalue weighted by molar-refractivity contribution is 7.89. The Labute approximate surface area is 173 Å². The van der Waals surface area contributed by atoms with Gasteiger partial charge in [0.15, 0.2) is 6.54 Å². The number of methoxy groups -OCH3 is 1. The zero-order valence-electron chi connectivity index (χ0n) is 17.4. The number of quaternary nitrogens is 1. The van der Waals surface area contributed by atoms with E-state index < -0.39 is 10.0 Å². The summed E-state index contributed by atoms with van der Waals surface area (Å²) >= 11 is 0. The maximum atomic E-state index is 13.1. The molecular weight excluding hydrogens is 394 g/mol. The topological polar surface area (TPSA) is 89.4 Å². The number of morpholine rings is 1. The largest absolute Gasteiger partial charge is 0.495 e. The van der Waals surface area contributed by atoms with E-state index in [1.807, 2.05) is 13.8 Å². The summed E-state index contributed by atoms with van der Waals surface area (Å²) < 4.78 is 38.7. The van der Waals surface area contributed by atoms with Crippen molar-refractivity contribution in [3.63, 3.8) is 0 Å². The van der Waals surface area contributed by atoms with Gasteiger partial charge in [-0.15, -0.1) is 0 Å². The first kappa shape index (κ1) is 22.0. The number of anilines is 1. The van der Waals surface area contributed by atoms with Crippen LogP contribution in [0.5, 0.6) is 5.75 Å². The van der Waals surface area contributed by atoms with E-state index in [1.165, 1.54) is 17.5 Å². The maximum absolute atomic E-state index is 13.1. The van der Waals surface area contributed by atoms with Crippen LogP contribution in [-0.4, -0.2) is 70.7 Å². The van der Waals surface area contributed by atoms with Gasteiger partial charge in [0.05, 0.1) is 7.11 Å². The van der Waals surface area contributed by atoms with Gasteiger partial charge in [-0.1, -0.05) is 6.42 Å². The lowest BCUT2D eigenvalue weighted by Crippen LogP contribution is -3.16. The van der Waals surface area contributed by atoms with Crippen LogP contribution in [0.4, 0.5) is 5.69 Å². The van der Waals surface area contributed by atoms with E-state index in [-0.39, 0.29) is 28.8 Å². The van der Waals surface area contributed by atoms with Gasteiger partial charge in [0, 0.05) is 18.8 Å². The molecule has 1 aromatic carbocycles. The number of nitrogens with one attached hydrogen (secondary N) is 2. The number of nitrogens with zero attached hydrogens (tertiary/aromatic N) is 1. The number of amides is 1. The van der Waals surface area contributed by atoms with Crippen molar-refractivity contribution in [2.75, 3.05) is 45.2 Å². The molecule has 2 aliphatic rings. The zero-order valence-corrected chi connectivity index (χ0v) is 18.3. The molecule has 0 saturated carbocycles. The molecule has 0 aromatic heterocycles. The van der Waals surface area contributed by atoms with Gasteiger partial charge >= 0.3 is 0 Å². The molecule has 0 unspecified atom stereocenters. The Hall–Kier alpha value is -1.68. The number of carbonyl (C=O) groups excluding carboxylic acids is 1. The van der Waals surface area contributed by atoms with E-state index in [1.54, 1.807) is 12.1 Å². The molecule has 0 bridgehead atoms. The smallest absolute Gasteiger partial charge is 0.279 e. The van der Waals surface area contributed by atoms with Crippen LogP contribution in [0.15, 0.2) is 23.1 Å². The number of hydrogen-bond donors (Lipinski definition) is 2. The average molecular weight is 427 g/mol. The zero-order chi connectivity index (χ0) is 21.0. The Morgan fingerprint density at radius 1 is 1.21 bits per heavy atom. The Balaban J connectivity index is 1.73. The molecule has 2 saturated heterocycles. The van der Waals surface area contributed by atoms with Crippen LogP contribution in [-0.2, 0) is 19.6 Å². The third-order valence-corrected chi connectivity index (χ3v) is 7.33. The molecule has 9 heteroatoms. The first-order chi connectivity index (χ1) is 13.8. The van der Waals surface area contributed by atoms with Crippen LogP contribution >= 0.6 is 0 Å². The molecule has 8 nitrogen and oxygen atoms in total. The number of hydrogen-bond acceptors (Lipinski definition) is 5. The van der Waals surface area contributed by atoms with E-state index in [9.17, 15) is 13.2 Å². The van der Waals surface area contributed by atoms with Gasteiger partial charge in [-0.25, -0.2) is 8.42 Å². The fourth-order valence-corrected chi connectivity index (χ4v) is 5.86. The lowest BCUT2D eigenvalue weighted by atomic mass is 10.2. The average Bonchev–Trinajstić information content (AvgIpc) is 2.67. The minimum Gasteiger partial charge on any atom is -0.495 e. The van der Waals surface area contributed by atoms with Crippen LogP contribution in [0.2, 0.25) is 0 Å². The molecule has 3 rings (SSSR count). The fourth-order valence-electron chi connectivity index (χ4n) is 4.17. The van der Waals surface area contributed by atoms with Gasteiger partial charge in [0.2, 0.25) is 10.0 Å². The monoisotopic (exact) mass is 426 g/mol. The Bertz CT molecular complexity index is 813. The Morgan fingerprint density at radius 2 is 1.86 bits per heavy atom. The van der Waals surface area contributed by atoms with Crippen molar-refractivity contribution < 1.29 is 27.6 Å². The van der Waals surface area contributed by atoms with Crippen molar-refractivity contribution in [1.82, 2.24) is 4.31 Å². The van der Waals surface area contributed by atoms with E-state index in [0.29, 0.717) is 25.3 Å². The second-order valence-corrected chi connectivity index (χ2v) is 9.88. The van der Waals surface area contributed by atoms with Crippen LogP contribution in [0.25, 0.3) is 0 Å². The van der Waals surface area contributed by atoms with Gasteiger partial charge < -0.3 is 19.7 Å². The lowest BCUT2D eigenvalue weighted by molar-refractivity contribution is -0.907. The summed E-state index contributed by atoms with van der Waals surface area (Å²) in [7, 11) is -2.22. The van der Waals surface area contributed by atoms with Crippen molar-refractivity contribution in [3.8, 4) is 5.75 Å². The molecule has 2 heterocycles. The maximum Gasteiger partial charge on any atom is 0.279 e. The minimum absolute atomic E-state index is 0.0978. The number of ether oxygens (including phenoxy) is 2. The number of benzene rings is 1. The van der Waals surface area contributed by atoms with Gasteiger partial charge in [-0.3, -0.25) is 4.79 Å². The van der Waals surface area contributed by atoms with Crippen LogP contribution < -0.4 is 15.0 Å². The SMILES string of the molecule is COc1ccc(NC(=O)C[NH+]2C[C@H](C)O[C@@H](C)C2)cc1S(=O)(=O)N1CCCCC1. The third kappa shape index (κ3) is 5.48. The van der Waals surface area contributed by atoms with Crippen LogP contribution in [0.1, 0.15) is 33.1 Å². The normalized spacial score (nSPS) is 26.1. The molecular formula is C20H32N3O5S+. The summed E-state index contributed by atoms with van der Waals surface area (Å²) in [6, 6.07) is 4.77. The molecule has 2 atom stereocenters. The van der Waals surface area contributed by atoms with Gasteiger partial charge in [-0.05, 0) is 44.9 Å². The summed E-state index contributed by atoms with van der Waals surface area (Å²) in [5.74, 6) is 0.141. The molecule has 2 aliphatic heterocycles. The molecule has 2 N–H and O–H groups in total. The highest BCUT2D eigenvalue weighted by Gasteiger charge is 2.30. The quantitative estimate of drug-likeness (QED) is 0.692. The van der Waals surface area contributed by atoms with Crippen molar-refractivity contribution in [2.24, 2.45) is 0 Å². The van der Waals surface area contributed by atoms with Crippen LogP contribution in [0.3, 0.4) is 0 Å². The van der Waals surface area contributed by atoms with Gasteiger partial charge in [0.1, 0.15) is 35.9 Å². The molecule has 162 valence electrons. The van der Waals surface area contributed by atoms with Crippen molar-refractivity contribution in [2.45, 2.75) is 50.2 Å². The van der Waals surface area contributed by atoms with E-state index in [2.05, 4.69) is 5.32 Å².